The van der Waals surface area contributed by atoms with Crippen molar-refractivity contribution in [1.82, 2.24) is 15.1 Å². The summed E-state index contributed by atoms with van der Waals surface area (Å²) in [5, 5.41) is 14.9. The third kappa shape index (κ3) is 3.43. The number of carboxylic acids is 1. The molecule has 2 aromatic rings. The maximum absolute atomic E-state index is 12.7. The fraction of sp³-hybridized carbons (Fsp3) is 0.375. The zero-order valence-corrected chi connectivity index (χ0v) is 12.7. The van der Waals surface area contributed by atoms with E-state index in [1.165, 1.54) is 0 Å². The van der Waals surface area contributed by atoms with E-state index in [1.54, 1.807) is 0 Å². The highest BCUT2D eigenvalue weighted by Gasteiger charge is 2.35. The molecule has 0 saturated carbocycles. The Morgan fingerprint density at radius 3 is 2.79 bits per heavy atom. The summed E-state index contributed by atoms with van der Waals surface area (Å²) in [6, 6.07) is 8.18. The lowest BCUT2D eigenvalue weighted by atomic mass is 9.90. The minimum Gasteiger partial charge on any atom is -0.481 e. The van der Waals surface area contributed by atoms with Gasteiger partial charge < -0.3 is 5.11 Å². The first-order valence-corrected chi connectivity index (χ1v) is 7.49. The molecule has 1 aromatic heterocycles. The summed E-state index contributed by atoms with van der Waals surface area (Å²) >= 11 is 0. The Kier molecular flexibility index (Phi) is 4.31. The van der Waals surface area contributed by atoms with Crippen LogP contribution in [0.25, 0.3) is 0 Å². The van der Waals surface area contributed by atoms with Crippen molar-refractivity contribution < 1.29 is 23.1 Å². The number of hydrogen-bond donors (Lipinski definition) is 2. The number of H-pyrrole nitrogens is 1. The first-order valence-electron chi connectivity index (χ1n) is 7.49. The van der Waals surface area contributed by atoms with E-state index < -0.39 is 17.8 Å². The van der Waals surface area contributed by atoms with Crippen molar-refractivity contribution in [2.24, 2.45) is 0 Å². The molecular weight excluding hydrogens is 323 g/mol. The Labute approximate surface area is 136 Å². The molecule has 0 amide bonds. The smallest absolute Gasteiger partial charge is 0.435 e. The Bertz CT molecular complexity index is 742. The topological polar surface area (TPSA) is 69.2 Å². The van der Waals surface area contributed by atoms with Crippen LogP contribution in [0.4, 0.5) is 13.2 Å². The van der Waals surface area contributed by atoms with Gasteiger partial charge in [-0.2, -0.15) is 18.3 Å². The molecule has 0 spiro atoms. The quantitative estimate of drug-likeness (QED) is 0.898. The second kappa shape index (κ2) is 6.27. The van der Waals surface area contributed by atoms with E-state index >= 15 is 0 Å². The van der Waals surface area contributed by atoms with Crippen molar-refractivity contribution in [3.8, 4) is 0 Å². The molecule has 1 aliphatic heterocycles. The van der Waals surface area contributed by atoms with Crippen LogP contribution in [0, 0.1) is 0 Å². The van der Waals surface area contributed by atoms with Crippen LogP contribution in [0.1, 0.15) is 35.0 Å². The molecule has 0 radical (unpaired) electrons. The van der Waals surface area contributed by atoms with Crippen LogP contribution in [-0.2, 0) is 23.9 Å². The Morgan fingerprint density at radius 1 is 1.38 bits per heavy atom. The number of benzene rings is 1. The van der Waals surface area contributed by atoms with Crippen LogP contribution in [0.2, 0.25) is 0 Å². The summed E-state index contributed by atoms with van der Waals surface area (Å²) in [5.74, 6) is -0.942. The van der Waals surface area contributed by atoms with Gasteiger partial charge in [-0.15, -0.1) is 0 Å². The Morgan fingerprint density at radius 2 is 2.12 bits per heavy atom. The second-order valence-corrected chi connectivity index (χ2v) is 5.81. The maximum Gasteiger partial charge on any atom is 0.435 e. The molecule has 128 valence electrons. The first-order chi connectivity index (χ1) is 11.3. The van der Waals surface area contributed by atoms with E-state index in [1.807, 2.05) is 29.2 Å². The highest BCUT2D eigenvalue weighted by atomic mass is 19.4. The van der Waals surface area contributed by atoms with Gasteiger partial charge in [0.1, 0.15) is 0 Å². The lowest BCUT2D eigenvalue weighted by Crippen LogP contribution is -2.36. The van der Waals surface area contributed by atoms with Gasteiger partial charge in [0.2, 0.25) is 0 Å². The predicted molar refractivity (Wildman–Crippen MR) is 79.1 cm³/mol. The number of halogens is 3. The highest BCUT2D eigenvalue weighted by molar-refractivity contribution is 5.68. The number of hydrogen-bond acceptors (Lipinski definition) is 3. The number of alkyl halides is 3. The fourth-order valence-electron chi connectivity index (χ4n) is 3.10. The second-order valence-electron chi connectivity index (χ2n) is 5.81. The molecule has 2 N–H and O–H groups in total. The molecule has 0 unspecified atom stereocenters. The highest BCUT2D eigenvalue weighted by Crippen LogP contribution is 2.34. The monoisotopic (exact) mass is 339 g/mol. The van der Waals surface area contributed by atoms with E-state index in [4.69, 9.17) is 0 Å². The summed E-state index contributed by atoms with van der Waals surface area (Å²) in [5.41, 5.74) is 1.35. The number of rotatable bonds is 4. The summed E-state index contributed by atoms with van der Waals surface area (Å²) in [6.45, 7) is 0.769. The molecule has 0 bridgehead atoms. The SMILES string of the molecule is O=C(O)C[C@H]1c2ccccc2CCN1Cc1cc(C(F)(F)F)n[nH]1. The van der Waals surface area contributed by atoms with Crippen molar-refractivity contribution in [1.29, 1.82) is 0 Å². The molecule has 8 heteroatoms. The van der Waals surface area contributed by atoms with Gasteiger partial charge in [0, 0.05) is 24.8 Å². The minimum atomic E-state index is -4.50. The zero-order chi connectivity index (χ0) is 17.3. The van der Waals surface area contributed by atoms with Crippen LogP contribution >= 0.6 is 0 Å². The maximum atomic E-state index is 12.7. The van der Waals surface area contributed by atoms with Gasteiger partial charge in [0.25, 0.3) is 0 Å². The number of aliphatic carboxylic acids is 1. The van der Waals surface area contributed by atoms with Gasteiger partial charge in [0.05, 0.1) is 6.42 Å². The third-order valence-electron chi connectivity index (χ3n) is 4.19. The summed E-state index contributed by atoms with van der Waals surface area (Å²) < 4.78 is 38.0. The molecule has 0 saturated heterocycles. The molecule has 5 nitrogen and oxygen atoms in total. The van der Waals surface area contributed by atoms with Gasteiger partial charge in [-0.25, -0.2) is 0 Å². The predicted octanol–water partition coefficient (Wildman–Crippen LogP) is 3.00. The van der Waals surface area contributed by atoms with E-state index in [0.717, 1.165) is 23.6 Å². The fourth-order valence-corrected chi connectivity index (χ4v) is 3.10. The molecule has 1 aromatic carbocycles. The van der Waals surface area contributed by atoms with Crippen LogP contribution in [0.3, 0.4) is 0 Å². The normalized spacial score (nSPS) is 18.4. The van der Waals surface area contributed by atoms with E-state index in [2.05, 4.69) is 10.2 Å². The number of aromatic nitrogens is 2. The third-order valence-corrected chi connectivity index (χ3v) is 4.19. The lowest BCUT2D eigenvalue weighted by molar-refractivity contribution is -0.141. The average Bonchev–Trinajstić information content (AvgIpc) is 2.98. The molecule has 1 aliphatic rings. The van der Waals surface area contributed by atoms with Crippen molar-refractivity contribution in [2.75, 3.05) is 6.54 Å². The average molecular weight is 339 g/mol. The summed E-state index contributed by atoms with van der Waals surface area (Å²) in [7, 11) is 0. The number of nitrogens with one attached hydrogen (secondary N) is 1. The Hall–Kier alpha value is -2.35. The number of fused-ring (bicyclic) bond motifs is 1. The number of carbonyl (C=O) groups is 1. The minimum absolute atomic E-state index is 0.0999. The van der Waals surface area contributed by atoms with Crippen LogP contribution in [0.5, 0.6) is 0 Å². The van der Waals surface area contributed by atoms with E-state index in [0.29, 0.717) is 12.2 Å². The molecule has 3 rings (SSSR count). The lowest BCUT2D eigenvalue weighted by Gasteiger charge is -2.36. The van der Waals surface area contributed by atoms with Gasteiger partial charge in [-0.3, -0.25) is 14.8 Å². The molecular formula is C16H16F3N3O2. The number of aromatic amines is 1. The zero-order valence-electron chi connectivity index (χ0n) is 12.7. The van der Waals surface area contributed by atoms with Gasteiger partial charge in [0.15, 0.2) is 5.69 Å². The van der Waals surface area contributed by atoms with Crippen LogP contribution < -0.4 is 0 Å². The largest absolute Gasteiger partial charge is 0.481 e. The number of nitrogens with zero attached hydrogens (tertiary/aromatic N) is 2. The van der Waals surface area contributed by atoms with E-state index in [-0.39, 0.29) is 19.0 Å². The molecule has 24 heavy (non-hydrogen) atoms. The van der Waals surface area contributed by atoms with Crippen molar-refractivity contribution in [2.45, 2.75) is 31.6 Å². The molecule has 0 fully saturated rings. The van der Waals surface area contributed by atoms with Gasteiger partial charge >= 0.3 is 12.1 Å². The summed E-state index contributed by atoms with van der Waals surface area (Å²) in [4.78, 5) is 13.1. The summed E-state index contributed by atoms with van der Waals surface area (Å²) in [6.07, 6.45) is -3.87. The standard InChI is InChI=1S/C16H16F3N3O2/c17-16(18,19)14-7-11(20-21-14)9-22-6-5-10-3-1-2-4-12(10)13(22)8-15(23)24/h1-4,7,13H,5-6,8-9H2,(H,20,21)(H,23,24)/t13-/m0/s1. The van der Waals surface area contributed by atoms with Crippen LogP contribution in [0.15, 0.2) is 30.3 Å². The van der Waals surface area contributed by atoms with Crippen molar-refractivity contribution in [3.63, 3.8) is 0 Å². The number of carboxylic acid groups (broad SMARTS) is 1. The molecule has 1 atom stereocenters. The van der Waals surface area contributed by atoms with Crippen LogP contribution in [-0.4, -0.2) is 32.7 Å². The molecule has 2 heterocycles. The van der Waals surface area contributed by atoms with Gasteiger partial charge in [-0.1, -0.05) is 24.3 Å². The molecule has 0 aliphatic carbocycles. The van der Waals surface area contributed by atoms with Crippen molar-refractivity contribution in [3.05, 3.63) is 52.8 Å². The first kappa shape index (κ1) is 16.5. The van der Waals surface area contributed by atoms with Crippen molar-refractivity contribution >= 4 is 5.97 Å². The van der Waals surface area contributed by atoms with E-state index in [9.17, 15) is 23.1 Å². The van der Waals surface area contributed by atoms with Gasteiger partial charge in [-0.05, 0) is 23.6 Å². The Balaban J connectivity index is 1.84.